The molecule has 24 heavy (non-hydrogen) atoms. The number of sulfonamides is 1. The van der Waals surface area contributed by atoms with Crippen LogP contribution in [0.2, 0.25) is 0 Å². The molecule has 0 unspecified atom stereocenters. The average Bonchev–Trinajstić information content (AvgIpc) is 2.93. The van der Waals surface area contributed by atoms with Gasteiger partial charge in [0.05, 0.1) is 17.6 Å². The Hall–Kier alpha value is -1.61. The monoisotopic (exact) mass is 357 g/mol. The van der Waals surface area contributed by atoms with Gasteiger partial charge in [0.25, 0.3) is 0 Å². The summed E-state index contributed by atoms with van der Waals surface area (Å²) >= 11 is 0. The number of aromatic carboxylic acids is 1. The Morgan fingerprint density at radius 2 is 1.96 bits per heavy atom. The van der Waals surface area contributed by atoms with Gasteiger partial charge in [0.2, 0.25) is 15.9 Å². The van der Waals surface area contributed by atoms with Crippen molar-refractivity contribution in [1.82, 2.24) is 14.1 Å². The lowest BCUT2D eigenvalue weighted by Gasteiger charge is -2.30. The molecule has 0 bridgehead atoms. The van der Waals surface area contributed by atoms with Crippen molar-refractivity contribution in [1.29, 1.82) is 0 Å². The fraction of sp³-hybridized carbons (Fsp3) is 0.733. The molecule has 0 saturated carbocycles. The van der Waals surface area contributed by atoms with Gasteiger partial charge in [-0.1, -0.05) is 0 Å². The Morgan fingerprint density at radius 3 is 2.54 bits per heavy atom. The summed E-state index contributed by atoms with van der Waals surface area (Å²) in [7, 11) is -3.20. The van der Waals surface area contributed by atoms with Crippen molar-refractivity contribution in [2.45, 2.75) is 51.7 Å². The van der Waals surface area contributed by atoms with Crippen molar-refractivity contribution in [3.8, 4) is 5.88 Å². The highest BCUT2D eigenvalue weighted by molar-refractivity contribution is 7.89. The maximum absolute atomic E-state index is 12.0. The molecular formula is C15H23N3O5S. The van der Waals surface area contributed by atoms with Gasteiger partial charge in [0.1, 0.15) is 5.56 Å². The number of aryl methyl sites for hydroxylation is 1. The first-order chi connectivity index (χ1) is 11.3. The zero-order valence-corrected chi connectivity index (χ0v) is 14.8. The van der Waals surface area contributed by atoms with E-state index in [4.69, 9.17) is 4.74 Å². The molecule has 1 aromatic rings. The van der Waals surface area contributed by atoms with Crippen molar-refractivity contribution in [3.63, 3.8) is 0 Å². The van der Waals surface area contributed by atoms with E-state index in [9.17, 15) is 18.3 Å². The van der Waals surface area contributed by atoms with Crippen molar-refractivity contribution in [3.05, 3.63) is 11.3 Å². The first kappa shape index (κ1) is 17.2. The van der Waals surface area contributed by atoms with Crippen molar-refractivity contribution in [2.75, 3.05) is 18.8 Å². The summed E-state index contributed by atoms with van der Waals surface area (Å²) in [5, 5.41) is 14.1. The molecule has 9 heteroatoms. The average molecular weight is 357 g/mol. The van der Waals surface area contributed by atoms with Crippen LogP contribution in [0.15, 0.2) is 0 Å². The second kappa shape index (κ2) is 6.36. The van der Waals surface area contributed by atoms with Gasteiger partial charge in [-0.15, -0.1) is 0 Å². The number of carbonyl (C=O) groups is 1. The Kier molecular flexibility index (Phi) is 4.56. The number of ether oxygens (including phenoxy) is 1. The maximum atomic E-state index is 12.0. The van der Waals surface area contributed by atoms with Gasteiger partial charge < -0.3 is 9.84 Å². The van der Waals surface area contributed by atoms with Crippen LogP contribution in [-0.2, 0) is 16.6 Å². The highest BCUT2D eigenvalue weighted by Gasteiger charge is 2.35. The molecule has 8 nitrogen and oxygen atoms in total. The minimum absolute atomic E-state index is 0.0308. The minimum Gasteiger partial charge on any atom is -0.477 e. The van der Waals surface area contributed by atoms with E-state index >= 15 is 0 Å². The number of hydrogen-bond acceptors (Lipinski definition) is 5. The predicted molar refractivity (Wildman–Crippen MR) is 86.9 cm³/mol. The zero-order valence-electron chi connectivity index (χ0n) is 13.9. The molecule has 0 spiro atoms. The number of nitrogens with zero attached hydrogens (tertiary/aromatic N) is 3. The van der Waals surface area contributed by atoms with Crippen molar-refractivity contribution < 1.29 is 23.1 Å². The fourth-order valence-corrected chi connectivity index (χ4v) is 4.50. The molecule has 1 aromatic heterocycles. The fourth-order valence-electron chi connectivity index (χ4n) is 3.37. The van der Waals surface area contributed by atoms with Crippen LogP contribution < -0.4 is 4.74 Å². The highest BCUT2D eigenvalue weighted by atomic mass is 32.2. The van der Waals surface area contributed by atoms with E-state index in [1.165, 1.54) is 4.31 Å². The topological polar surface area (TPSA) is 102 Å². The summed E-state index contributed by atoms with van der Waals surface area (Å²) in [4.78, 5) is 11.7. The summed E-state index contributed by atoms with van der Waals surface area (Å²) in [5.41, 5.74) is 0.665. The molecule has 2 aliphatic heterocycles. The largest absolute Gasteiger partial charge is 0.477 e. The van der Waals surface area contributed by atoms with E-state index in [1.54, 1.807) is 11.6 Å². The molecule has 0 radical (unpaired) electrons. The van der Waals surface area contributed by atoms with E-state index in [0.29, 0.717) is 44.0 Å². The molecule has 134 valence electrons. The molecule has 1 N–H and O–H groups in total. The number of aromatic nitrogens is 2. The van der Waals surface area contributed by atoms with Crippen LogP contribution in [0, 0.1) is 0 Å². The van der Waals surface area contributed by atoms with Gasteiger partial charge >= 0.3 is 5.97 Å². The highest BCUT2D eigenvalue weighted by Crippen LogP contribution is 2.36. The molecule has 0 aromatic carbocycles. The van der Waals surface area contributed by atoms with E-state index in [1.807, 2.05) is 6.92 Å². The van der Waals surface area contributed by atoms with Crippen LogP contribution in [0.1, 0.15) is 55.1 Å². The molecule has 3 heterocycles. The van der Waals surface area contributed by atoms with Crippen LogP contribution in [0.3, 0.4) is 0 Å². The lowest BCUT2D eigenvalue weighted by atomic mass is 9.92. The van der Waals surface area contributed by atoms with Crippen molar-refractivity contribution >= 4 is 16.0 Å². The zero-order chi connectivity index (χ0) is 17.5. The van der Waals surface area contributed by atoms with Gasteiger partial charge in [-0.3, -0.25) is 0 Å². The van der Waals surface area contributed by atoms with Crippen molar-refractivity contribution in [2.24, 2.45) is 0 Å². The molecule has 1 saturated heterocycles. The lowest BCUT2D eigenvalue weighted by Crippen LogP contribution is -2.39. The smallest absolute Gasteiger partial charge is 0.343 e. The van der Waals surface area contributed by atoms with Gasteiger partial charge in [-0.2, -0.15) is 5.10 Å². The summed E-state index contributed by atoms with van der Waals surface area (Å²) in [6.07, 6.45) is 1.91. The van der Waals surface area contributed by atoms with E-state index < -0.39 is 16.0 Å². The van der Waals surface area contributed by atoms with E-state index in [-0.39, 0.29) is 23.3 Å². The van der Waals surface area contributed by atoms with Gasteiger partial charge in [-0.25, -0.2) is 22.2 Å². The summed E-state index contributed by atoms with van der Waals surface area (Å²) < 4.78 is 32.7. The molecular weight excluding hydrogens is 334 g/mol. The lowest BCUT2D eigenvalue weighted by molar-refractivity contribution is 0.0681. The normalized spacial score (nSPS) is 22.8. The van der Waals surface area contributed by atoms with Crippen LogP contribution in [0.25, 0.3) is 0 Å². The summed E-state index contributed by atoms with van der Waals surface area (Å²) in [6.45, 7) is 4.99. The minimum atomic E-state index is -3.20. The van der Waals surface area contributed by atoms with E-state index in [0.717, 1.165) is 6.42 Å². The number of hydrogen-bond donors (Lipinski definition) is 1. The van der Waals surface area contributed by atoms with Crippen LogP contribution in [0.5, 0.6) is 5.88 Å². The van der Waals surface area contributed by atoms with Crippen LogP contribution in [-0.4, -0.2) is 58.5 Å². The maximum Gasteiger partial charge on any atom is 0.343 e. The molecule has 3 rings (SSSR count). The predicted octanol–water partition coefficient (Wildman–Crippen LogP) is 1.28. The third kappa shape index (κ3) is 3.02. The number of carboxylic acid groups (broad SMARTS) is 1. The van der Waals surface area contributed by atoms with Crippen LogP contribution >= 0.6 is 0 Å². The number of fused-ring (bicyclic) bond motifs is 1. The molecule has 0 amide bonds. The second-order valence-electron chi connectivity index (χ2n) is 6.38. The first-order valence-corrected chi connectivity index (χ1v) is 9.93. The van der Waals surface area contributed by atoms with Gasteiger partial charge in [0.15, 0.2) is 0 Å². The van der Waals surface area contributed by atoms with Gasteiger partial charge in [0, 0.05) is 32.0 Å². The Labute approximate surface area is 141 Å². The summed E-state index contributed by atoms with van der Waals surface area (Å²) in [6, 6.07) is 0. The number of rotatable bonds is 4. The van der Waals surface area contributed by atoms with Crippen LogP contribution in [0.4, 0.5) is 0 Å². The quantitative estimate of drug-likeness (QED) is 0.871. The first-order valence-electron chi connectivity index (χ1n) is 8.32. The SMILES string of the molecule is CCS(=O)(=O)N1CCC(c2nn3c(c2C(=O)O)O[C@H](C)CC3)CC1. The Balaban J connectivity index is 1.85. The molecule has 1 atom stereocenters. The third-order valence-electron chi connectivity index (χ3n) is 4.81. The molecule has 0 aliphatic carbocycles. The number of piperidine rings is 1. The van der Waals surface area contributed by atoms with E-state index in [2.05, 4.69) is 5.10 Å². The summed E-state index contributed by atoms with van der Waals surface area (Å²) in [5.74, 6) is -0.678. The third-order valence-corrected chi connectivity index (χ3v) is 6.69. The van der Waals surface area contributed by atoms with Gasteiger partial charge in [-0.05, 0) is 26.7 Å². The Morgan fingerprint density at radius 1 is 1.29 bits per heavy atom. The standard InChI is InChI=1S/C15H23N3O5S/c1-3-24(21,22)17-7-5-11(6-8-17)13-12(15(19)20)14-18(16-13)9-4-10(2)23-14/h10-11H,3-9H2,1-2H3,(H,19,20)/t10-/m1/s1. The molecule has 1 fully saturated rings. The number of carboxylic acids is 1. The second-order valence-corrected chi connectivity index (χ2v) is 8.64. The molecule has 2 aliphatic rings. The Bertz CT molecular complexity index is 735.